The van der Waals surface area contributed by atoms with E-state index >= 15 is 0 Å². The van der Waals surface area contributed by atoms with Crippen LogP contribution in [0.5, 0.6) is 11.5 Å². The second kappa shape index (κ2) is 8.57. The summed E-state index contributed by atoms with van der Waals surface area (Å²) < 4.78 is 10.5. The topological polar surface area (TPSA) is 59.6 Å². The van der Waals surface area contributed by atoms with Gasteiger partial charge in [0.15, 0.2) is 11.5 Å². The molecule has 2 N–H and O–H groups in total. The van der Waals surface area contributed by atoms with E-state index < -0.39 is 0 Å². The summed E-state index contributed by atoms with van der Waals surface area (Å²) in [5.41, 5.74) is 2.69. The maximum atomic E-state index is 12.0. The van der Waals surface area contributed by atoms with Crippen molar-refractivity contribution in [1.29, 1.82) is 0 Å². The average Bonchev–Trinajstić information content (AvgIpc) is 2.58. The summed E-state index contributed by atoms with van der Waals surface area (Å²) in [5, 5.41) is 6.54. The highest BCUT2D eigenvalue weighted by Crippen LogP contribution is 2.27. The number of carbonyl (C=O) groups is 1. The number of carbonyl (C=O) groups excluding carboxylic acids is 1. The highest BCUT2D eigenvalue weighted by atomic mass is 35.5. The predicted molar refractivity (Wildman–Crippen MR) is 96.1 cm³/mol. The van der Waals surface area contributed by atoms with Crippen LogP contribution in [0.4, 0.5) is 5.69 Å². The van der Waals surface area contributed by atoms with Gasteiger partial charge in [0.1, 0.15) is 0 Å². The molecule has 2 rings (SSSR count). The Kier molecular flexibility index (Phi) is 6.46. The van der Waals surface area contributed by atoms with E-state index in [0.717, 1.165) is 16.8 Å². The van der Waals surface area contributed by atoms with Crippen LogP contribution in [-0.2, 0) is 11.3 Å². The molecule has 0 radical (unpaired) electrons. The van der Waals surface area contributed by atoms with Gasteiger partial charge in [0.05, 0.1) is 20.8 Å². The van der Waals surface area contributed by atoms with Gasteiger partial charge in [0, 0.05) is 17.3 Å². The predicted octanol–water partition coefficient (Wildman–Crippen LogP) is 3.39. The molecule has 24 heavy (non-hydrogen) atoms. The fourth-order valence-electron chi connectivity index (χ4n) is 2.23. The molecule has 128 valence electrons. The molecule has 0 saturated carbocycles. The van der Waals surface area contributed by atoms with Crippen molar-refractivity contribution in [3.63, 3.8) is 0 Å². The van der Waals surface area contributed by atoms with E-state index in [1.165, 1.54) is 0 Å². The first-order valence-corrected chi connectivity index (χ1v) is 7.89. The molecule has 0 fully saturated rings. The van der Waals surface area contributed by atoms with Gasteiger partial charge in [0.25, 0.3) is 0 Å². The average molecular weight is 349 g/mol. The molecule has 0 bridgehead atoms. The number of amides is 1. The van der Waals surface area contributed by atoms with Crippen molar-refractivity contribution in [3.8, 4) is 11.5 Å². The number of rotatable bonds is 7. The smallest absolute Gasteiger partial charge is 0.238 e. The van der Waals surface area contributed by atoms with Crippen LogP contribution >= 0.6 is 11.6 Å². The van der Waals surface area contributed by atoms with Crippen LogP contribution in [0.25, 0.3) is 0 Å². The summed E-state index contributed by atoms with van der Waals surface area (Å²) in [6.07, 6.45) is 0. The lowest BCUT2D eigenvalue weighted by Gasteiger charge is -2.11. The molecule has 0 aliphatic heterocycles. The van der Waals surface area contributed by atoms with Crippen LogP contribution in [0.3, 0.4) is 0 Å². The van der Waals surface area contributed by atoms with Crippen LogP contribution in [0.1, 0.15) is 11.1 Å². The van der Waals surface area contributed by atoms with Crippen molar-refractivity contribution in [2.45, 2.75) is 13.5 Å². The zero-order valence-electron chi connectivity index (χ0n) is 14.0. The quantitative estimate of drug-likeness (QED) is 0.805. The molecule has 5 nitrogen and oxygen atoms in total. The largest absolute Gasteiger partial charge is 0.493 e. The molecule has 0 aromatic heterocycles. The Labute approximate surface area is 146 Å². The first-order chi connectivity index (χ1) is 11.5. The number of ether oxygens (including phenoxy) is 2. The summed E-state index contributed by atoms with van der Waals surface area (Å²) in [7, 11) is 3.19. The lowest BCUT2D eigenvalue weighted by Crippen LogP contribution is -2.28. The van der Waals surface area contributed by atoms with E-state index in [1.807, 2.05) is 31.2 Å². The van der Waals surface area contributed by atoms with Gasteiger partial charge in [-0.2, -0.15) is 0 Å². The number of hydrogen-bond donors (Lipinski definition) is 2. The summed E-state index contributed by atoms with van der Waals surface area (Å²) >= 11 is 5.95. The Hall–Kier alpha value is -2.24. The Morgan fingerprint density at radius 1 is 1.08 bits per heavy atom. The summed E-state index contributed by atoms with van der Waals surface area (Å²) in [5.74, 6) is 1.21. The number of benzene rings is 2. The fourth-order valence-corrected chi connectivity index (χ4v) is 2.41. The molecular weight excluding hydrogens is 328 g/mol. The van der Waals surface area contributed by atoms with E-state index in [2.05, 4.69) is 10.6 Å². The van der Waals surface area contributed by atoms with E-state index in [-0.39, 0.29) is 12.5 Å². The summed E-state index contributed by atoms with van der Waals surface area (Å²) in [6, 6.07) is 11.0. The van der Waals surface area contributed by atoms with Crippen LogP contribution in [0, 0.1) is 6.92 Å². The molecular formula is C18H21ClN2O3. The number of hydrogen-bond acceptors (Lipinski definition) is 4. The Morgan fingerprint density at radius 3 is 2.54 bits per heavy atom. The highest BCUT2D eigenvalue weighted by Gasteiger charge is 2.07. The van der Waals surface area contributed by atoms with Crippen molar-refractivity contribution < 1.29 is 14.3 Å². The number of anilines is 1. The number of nitrogens with one attached hydrogen (secondary N) is 2. The van der Waals surface area contributed by atoms with E-state index in [9.17, 15) is 4.79 Å². The minimum Gasteiger partial charge on any atom is -0.493 e. The van der Waals surface area contributed by atoms with E-state index in [1.54, 1.807) is 26.4 Å². The van der Waals surface area contributed by atoms with Gasteiger partial charge in [-0.05, 0) is 42.3 Å². The Bertz CT molecular complexity index is 719. The number of methoxy groups -OCH3 is 2. The molecule has 2 aromatic rings. The lowest BCUT2D eigenvalue weighted by atomic mass is 10.2. The molecule has 2 aromatic carbocycles. The molecule has 0 heterocycles. The van der Waals surface area contributed by atoms with Crippen molar-refractivity contribution >= 4 is 23.2 Å². The fraction of sp³-hybridized carbons (Fsp3) is 0.278. The molecule has 0 saturated heterocycles. The molecule has 0 aliphatic carbocycles. The normalized spacial score (nSPS) is 10.3. The van der Waals surface area contributed by atoms with Crippen molar-refractivity contribution in [2.75, 3.05) is 26.1 Å². The molecule has 0 unspecified atom stereocenters. The third-order valence-corrected chi connectivity index (χ3v) is 3.77. The van der Waals surface area contributed by atoms with Gasteiger partial charge < -0.3 is 20.1 Å². The Balaban J connectivity index is 1.87. The second-order valence-corrected chi connectivity index (χ2v) is 5.74. The van der Waals surface area contributed by atoms with Gasteiger partial charge in [-0.3, -0.25) is 4.79 Å². The maximum Gasteiger partial charge on any atom is 0.238 e. The number of aryl methyl sites for hydroxylation is 1. The third kappa shape index (κ3) is 4.88. The summed E-state index contributed by atoms with van der Waals surface area (Å²) in [6.45, 7) is 2.66. The van der Waals surface area contributed by atoms with Crippen molar-refractivity contribution in [1.82, 2.24) is 5.32 Å². The molecule has 0 aliphatic rings. The zero-order valence-corrected chi connectivity index (χ0v) is 14.7. The van der Waals surface area contributed by atoms with Crippen LogP contribution in [-0.4, -0.2) is 26.7 Å². The minimum atomic E-state index is -0.124. The zero-order chi connectivity index (χ0) is 17.5. The standard InChI is InChI=1S/C18H21ClN2O3/c1-12-4-6-14(19)9-15(12)21-18(22)11-20-10-13-5-7-16(23-2)17(8-13)24-3/h4-9,20H,10-11H2,1-3H3,(H,21,22). The molecule has 6 heteroatoms. The monoisotopic (exact) mass is 348 g/mol. The molecule has 1 amide bonds. The second-order valence-electron chi connectivity index (χ2n) is 5.30. The van der Waals surface area contributed by atoms with Crippen LogP contribution in [0.2, 0.25) is 5.02 Å². The first kappa shape index (κ1) is 18.1. The van der Waals surface area contributed by atoms with Gasteiger partial charge >= 0.3 is 0 Å². The third-order valence-electron chi connectivity index (χ3n) is 3.54. The van der Waals surface area contributed by atoms with Crippen LogP contribution < -0.4 is 20.1 Å². The van der Waals surface area contributed by atoms with Gasteiger partial charge in [-0.15, -0.1) is 0 Å². The Morgan fingerprint density at radius 2 is 1.83 bits per heavy atom. The minimum absolute atomic E-state index is 0.124. The highest BCUT2D eigenvalue weighted by molar-refractivity contribution is 6.31. The van der Waals surface area contributed by atoms with E-state index in [0.29, 0.717) is 23.1 Å². The van der Waals surface area contributed by atoms with Crippen LogP contribution in [0.15, 0.2) is 36.4 Å². The van der Waals surface area contributed by atoms with Crippen molar-refractivity contribution in [3.05, 3.63) is 52.5 Å². The summed E-state index contributed by atoms with van der Waals surface area (Å²) in [4.78, 5) is 12.0. The maximum absolute atomic E-state index is 12.0. The van der Waals surface area contributed by atoms with Crippen molar-refractivity contribution in [2.24, 2.45) is 0 Å². The SMILES string of the molecule is COc1ccc(CNCC(=O)Nc2cc(Cl)ccc2C)cc1OC. The van der Waals surface area contributed by atoms with Gasteiger partial charge in [0.2, 0.25) is 5.91 Å². The molecule has 0 spiro atoms. The van der Waals surface area contributed by atoms with Gasteiger partial charge in [-0.1, -0.05) is 23.7 Å². The van der Waals surface area contributed by atoms with Gasteiger partial charge in [-0.25, -0.2) is 0 Å². The molecule has 0 atom stereocenters. The van der Waals surface area contributed by atoms with E-state index in [4.69, 9.17) is 21.1 Å². The first-order valence-electron chi connectivity index (χ1n) is 7.51. The lowest BCUT2D eigenvalue weighted by molar-refractivity contribution is -0.115. The number of halogens is 1.